The number of hydrogen-bond donors (Lipinski definition) is 0. The van der Waals surface area contributed by atoms with Gasteiger partial charge in [0.25, 0.3) is 0 Å². The lowest BCUT2D eigenvalue weighted by Crippen LogP contribution is -2.19. The van der Waals surface area contributed by atoms with Gasteiger partial charge in [-0.1, -0.05) is 56.5 Å². The highest BCUT2D eigenvalue weighted by Crippen LogP contribution is 2.35. The second kappa shape index (κ2) is 8.98. The predicted molar refractivity (Wildman–Crippen MR) is 104 cm³/mol. The monoisotopic (exact) mass is 426 g/mol. The lowest BCUT2D eigenvalue weighted by atomic mass is 9.97. The van der Waals surface area contributed by atoms with Crippen LogP contribution in [0.4, 0.5) is 26.3 Å². The van der Waals surface area contributed by atoms with Crippen LogP contribution in [0, 0.1) is 17.5 Å². The summed E-state index contributed by atoms with van der Waals surface area (Å²) < 4.78 is 83.3. The molecule has 0 amide bonds. The summed E-state index contributed by atoms with van der Waals surface area (Å²) in [7, 11) is 0. The van der Waals surface area contributed by atoms with Crippen LogP contribution in [0.3, 0.4) is 0 Å². The van der Waals surface area contributed by atoms with E-state index >= 15 is 4.39 Å². The molecule has 0 aromatic heterocycles. The van der Waals surface area contributed by atoms with Crippen LogP contribution >= 0.6 is 0 Å². The Kier molecular flexibility index (Phi) is 6.58. The second-order valence-electron chi connectivity index (χ2n) is 7.11. The van der Waals surface area contributed by atoms with Crippen molar-refractivity contribution in [2.24, 2.45) is 0 Å². The Morgan fingerprint density at radius 2 is 1.53 bits per heavy atom. The van der Waals surface area contributed by atoms with Gasteiger partial charge in [-0.15, -0.1) is 13.2 Å². The molecule has 0 aliphatic rings. The molecule has 0 spiro atoms. The van der Waals surface area contributed by atoms with Gasteiger partial charge in [-0.3, -0.25) is 0 Å². The standard InChI is InChI=1S/C23H20F6O/c1-2-3-4-5-6-14-7-9-17-15(11-14)8-10-18(21(17)26)16-12-19(24)22(20(25)13-16)30-23(27,28)29/h7-13H,2-6H2,1H3. The summed E-state index contributed by atoms with van der Waals surface area (Å²) in [5.74, 6) is -5.40. The fourth-order valence-electron chi connectivity index (χ4n) is 3.40. The van der Waals surface area contributed by atoms with Gasteiger partial charge in [0, 0.05) is 10.9 Å². The van der Waals surface area contributed by atoms with Crippen LogP contribution in [-0.4, -0.2) is 6.36 Å². The van der Waals surface area contributed by atoms with Crippen LogP contribution in [0.1, 0.15) is 38.2 Å². The van der Waals surface area contributed by atoms with Gasteiger partial charge in [0.2, 0.25) is 5.75 Å². The Balaban J connectivity index is 1.92. The molecule has 0 atom stereocenters. The first-order chi connectivity index (χ1) is 14.2. The summed E-state index contributed by atoms with van der Waals surface area (Å²) >= 11 is 0. The van der Waals surface area contributed by atoms with Gasteiger partial charge in [-0.25, -0.2) is 13.2 Å². The molecule has 0 fully saturated rings. The highest BCUT2D eigenvalue weighted by atomic mass is 19.4. The lowest BCUT2D eigenvalue weighted by Gasteiger charge is -2.13. The van der Waals surface area contributed by atoms with E-state index in [4.69, 9.17) is 0 Å². The van der Waals surface area contributed by atoms with Crippen molar-refractivity contribution in [2.45, 2.75) is 45.4 Å². The third-order valence-electron chi connectivity index (χ3n) is 4.86. The summed E-state index contributed by atoms with van der Waals surface area (Å²) in [6, 6.07) is 9.51. The minimum absolute atomic E-state index is 0.116. The minimum Gasteiger partial charge on any atom is -0.399 e. The van der Waals surface area contributed by atoms with E-state index in [9.17, 15) is 22.0 Å². The van der Waals surface area contributed by atoms with Crippen molar-refractivity contribution >= 4 is 10.8 Å². The predicted octanol–water partition coefficient (Wildman–Crippen LogP) is 7.95. The first-order valence-electron chi connectivity index (χ1n) is 9.66. The molecule has 0 saturated carbocycles. The molecule has 0 saturated heterocycles. The average Bonchev–Trinajstić information content (AvgIpc) is 2.67. The van der Waals surface area contributed by atoms with Crippen molar-refractivity contribution in [1.29, 1.82) is 0 Å². The van der Waals surface area contributed by atoms with Crippen LogP contribution in [-0.2, 0) is 6.42 Å². The summed E-state index contributed by atoms with van der Waals surface area (Å²) in [5.41, 5.74) is 0.730. The molecule has 0 radical (unpaired) electrons. The molecule has 0 bridgehead atoms. The van der Waals surface area contributed by atoms with Gasteiger partial charge in [-0.2, -0.15) is 0 Å². The number of aryl methyl sites for hydroxylation is 1. The highest BCUT2D eigenvalue weighted by Gasteiger charge is 2.34. The summed E-state index contributed by atoms with van der Waals surface area (Å²) in [4.78, 5) is 0. The molecule has 0 N–H and O–H groups in total. The zero-order valence-corrected chi connectivity index (χ0v) is 16.3. The van der Waals surface area contributed by atoms with Crippen molar-refractivity contribution in [3.63, 3.8) is 0 Å². The molecule has 0 aliphatic carbocycles. The number of fused-ring (bicyclic) bond motifs is 1. The van der Waals surface area contributed by atoms with Crippen LogP contribution < -0.4 is 4.74 Å². The number of benzene rings is 3. The number of hydrogen-bond acceptors (Lipinski definition) is 1. The molecule has 160 valence electrons. The number of alkyl halides is 3. The van der Waals surface area contributed by atoms with E-state index in [1.807, 2.05) is 12.1 Å². The lowest BCUT2D eigenvalue weighted by molar-refractivity contribution is -0.276. The van der Waals surface area contributed by atoms with Crippen molar-refractivity contribution in [3.8, 4) is 16.9 Å². The van der Waals surface area contributed by atoms with E-state index < -0.39 is 29.6 Å². The van der Waals surface area contributed by atoms with E-state index in [0.717, 1.165) is 37.7 Å². The average molecular weight is 426 g/mol. The molecule has 0 aliphatic heterocycles. The quantitative estimate of drug-likeness (QED) is 0.275. The fraction of sp³-hybridized carbons (Fsp3) is 0.304. The van der Waals surface area contributed by atoms with Crippen molar-refractivity contribution in [1.82, 2.24) is 0 Å². The second-order valence-corrected chi connectivity index (χ2v) is 7.11. The molecule has 3 aromatic rings. The van der Waals surface area contributed by atoms with Gasteiger partial charge in [0.05, 0.1) is 0 Å². The maximum atomic E-state index is 15.0. The number of unbranched alkanes of at least 4 members (excludes halogenated alkanes) is 3. The van der Waals surface area contributed by atoms with E-state index in [-0.39, 0.29) is 16.5 Å². The normalized spacial score (nSPS) is 11.8. The summed E-state index contributed by atoms with van der Waals surface area (Å²) in [6.45, 7) is 2.13. The van der Waals surface area contributed by atoms with Gasteiger partial charge in [-0.05, 0) is 41.5 Å². The van der Waals surface area contributed by atoms with Gasteiger partial charge < -0.3 is 4.74 Å². The zero-order chi connectivity index (χ0) is 21.9. The van der Waals surface area contributed by atoms with Crippen LogP contribution in [0.2, 0.25) is 0 Å². The molecule has 7 heteroatoms. The summed E-state index contributed by atoms with van der Waals surface area (Å²) in [5, 5.41) is 0.906. The molecule has 3 aromatic carbocycles. The van der Waals surface area contributed by atoms with Gasteiger partial charge in [0.15, 0.2) is 11.6 Å². The van der Waals surface area contributed by atoms with E-state index in [0.29, 0.717) is 17.5 Å². The molecular weight excluding hydrogens is 406 g/mol. The van der Waals surface area contributed by atoms with Crippen LogP contribution in [0.5, 0.6) is 5.75 Å². The third-order valence-corrected chi connectivity index (χ3v) is 4.86. The molecule has 30 heavy (non-hydrogen) atoms. The molecule has 1 nitrogen and oxygen atoms in total. The molecular formula is C23H20F6O. The Bertz CT molecular complexity index is 1020. The fourth-order valence-corrected chi connectivity index (χ4v) is 3.40. The number of rotatable bonds is 7. The van der Waals surface area contributed by atoms with E-state index in [1.54, 1.807) is 12.1 Å². The Morgan fingerprint density at radius 1 is 0.833 bits per heavy atom. The minimum atomic E-state index is -5.24. The highest BCUT2D eigenvalue weighted by molar-refractivity contribution is 5.88. The summed E-state index contributed by atoms with van der Waals surface area (Å²) in [6.07, 6.45) is 0.0710. The first kappa shape index (κ1) is 22.0. The Labute approximate surface area is 170 Å². The largest absolute Gasteiger partial charge is 0.573 e. The van der Waals surface area contributed by atoms with E-state index in [2.05, 4.69) is 11.7 Å². The van der Waals surface area contributed by atoms with Crippen molar-refractivity contribution in [2.75, 3.05) is 0 Å². The molecule has 0 unspecified atom stereocenters. The van der Waals surface area contributed by atoms with Crippen LogP contribution in [0.25, 0.3) is 21.9 Å². The third kappa shape index (κ3) is 5.07. The van der Waals surface area contributed by atoms with Crippen molar-refractivity contribution in [3.05, 3.63) is 65.5 Å². The maximum Gasteiger partial charge on any atom is 0.573 e. The molecule has 3 rings (SSSR count). The first-order valence-corrected chi connectivity index (χ1v) is 9.66. The number of halogens is 6. The SMILES string of the molecule is CCCCCCc1ccc2c(F)c(-c3cc(F)c(OC(F)(F)F)c(F)c3)ccc2c1. The zero-order valence-electron chi connectivity index (χ0n) is 16.3. The smallest absolute Gasteiger partial charge is 0.399 e. The Morgan fingerprint density at radius 3 is 2.17 bits per heavy atom. The Hall–Kier alpha value is -2.70. The van der Waals surface area contributed by atoms with Gasteiger partial charge in [0.1, 0.15) is 5.82 Å². The van der Waals surface area contributed by atoms with Gasteiger partial charge >= 0.3 is 6.36 Å². The maximum absolute atomic E-state index is 15.0. The van der Waals surface area contributed by atoms with Crippen molar-refractivity contribution < 1.29 is 31.1 Å². The number of ether oxygens (including phenoxy) is 1. The van der Waals surface area contributed by atoms with Crippen LogP contribution in [0.15, 0.2) is 42.5 Å². The van der Waals surface area contributed by atoms with E-state index in [1.165, 1.54) is 6.07 Å². The topological polar surface area (TPSA) is 9.23 Å². The molecule has 0 heterocycles.